The van der Waals surface area contributed by atoms with Crippen molar-refractivity contribution in [3.05, 3.63) is 64.0 Å². The van der Waals surface area contributed by atoms with E-state index in [1.807, 2.05) is 6.08 Å². The second-order valence-electron chi connectivity index (χ2n) is 9.15. The number of allylic oxidation sites excluding steroid dienone is 1. The predicted molar refractivity (Wildman–Crippen MR) is 120 cm³/mol. The lowest BCUT2D eigenvalue weighted by Gasteiger charge is -2.49. The van der Waals surface area contributed by atoms with Crippen LogP contribution in [0.1, 0.15) is 60.5 Å². The van der Waals surface area contributed by atoms with Crippen LogP contribution in [0.3, 0.4) is 0 Å². The van der Waals surface area contributed by atoms with Crippen molar-refractivity contribution in [1.29, 1.82) is 0 Å². The molecule has 2 fully saturated rings. The van der Waals surface area contributed by atoms with Crippen molar-refractivity contribution < 1.29 is 14.3 Å². The van der Waals surface area contributed by atoms with Crippen LogP contribution in [0.15, 0.2) is 41.8 Å². The van der Waals surface area contributed by atoms with E-state index in [2.05, 4.69) is 23.3 Å². The van der Waals surface area contributed by atoms with E-state index in [0.717, 1.165) is 54.9 Å². The number of fused-ring (bicyclic) bond motifs is 4. The number of nitrogens with zero attached hydrogens (tertiary/aromatic N) is 1. The smallest absolute Gasteiger partial charge is 0.343 e. The first kappa shape index (κ1) is 20.1. The van der Waals surface area contributed by atoms with Crippen molar-refractivity contribution in [2.24, 2.45) is 5.92 Å². The molecule has 1 aromatic heterocycles. The number of carbonyl (C=O) groups is 1. The van der Waals surface area contributed by atoms with E-state index >= 15 is 0 Å². The minimum absolute atomic E-state index is 0.0784. The van der Waals surface area contributed by atoms with Gasteiger partial charge in [-0.1, -0.05) is 6.08 Å². The highest BCUT2D eigenvalue weighted by Crippen LogP contribution is 2.49. The number of benzene rings is 1. The van der Waals surface area contributed by atoms with E-state index in [0.29, 0.717) is 12.3 Å². The summed E-state index contributed by atoms with van der Waals surface area (Å²) in [5.41, 5.74) is 4.01. The Labute approximate surface area is 182 Å². The Bertz CT molecular complexity index is 1110. The summed E-state index contributed by atoms with van der Waals surface area (Å²) in [6.45, 7) is 6.68. The summed E-state index contributed by atoms with van der Waals surface area (Å²) in [4.78, 5) is 25.2. The monoisotopic (exact) mass is 419 g/mol. The Morgan fingerprint density at radius 3 is 2.74 bits per heavy atom. The molecule has 1 spiro atoms. The van der Waals surface area contributed by atoms with Crippen molar-refractivity contribution in [2.75, 3.05) is 13.2 Å². The molecule has 2 heterocycles. The second kappa shape index (κ2) is 7.70. The first-order valence-electron chi connectivity index (χ1n) is 11.4. The topological polar surface area (TPSA) is 57.5 Å². The SMILES string of the molecule is C=CCc1cc2c(cc1OCC1CC1)CC1(CCC1)n1cc(C(=O)OCC)c(=O)cc1-2. The maximum atomic E-state index is 12.8. The minimum atomic E-state index is -0.542. The van der Waals surface area contributed by atoms with Crippen molar-refractivity contribution in [3.63, 3.8) is 0 Å². The lowest BCUT2D eigenvalue weighted by molar-refractivity contribution is 0.0521. The average molecular weight is 420 g/mol. The molecule has 1 aliphatic heterocycles. The molecule has 0 N–H and O–H groups in total. The molecule has 5 rings (SSSR count). The fourth-order valence-corrected chi connectivity index (χ4v) is 4.93. The number of hydrogen-bond donors (Lipinski definition) is 0. The number of carbonyl (C=O) groups excluding carboxylic acids is 1. The standard InChI is InChI=1S/C26H29NO4/c1-3-6-18-11-20-19(12-24(18)31-16-17-7-8-17)14-26(9-5-10-26)27-15-21(25(29)30-4-2)23(28)13-22(20)27/h3,11-13,15,17H,1,4-10,14,16H2,2H3. The summed E-state index contributed by atoms with van der Waals surface area (Å²) in [7, 11) is 0. The largest absolute Gasteiger partial charge is 0.493 e. The molecule has 2 aromatic rings. The normalized spacial score (nSPS) is 18.0. The fourth-order valence-electron chi connectivity index (χ4n) is 4.93. The zero-order valence-electron chi connectivity index (χ0n) is 18.1. The van der Waals surface area contributed by atoms with Gasteiger partial charge in [0.1, 0.15) is 11.3 Å². The van der Waals surface area contributed by atoms with E-state index < -0.39 is 5.97 Å². The van der Waals surface area contributed by atoms with Gasteiger partial charge >= 0.3 is 5.97 Å². The molecule has 0 amide bonds. The van der Waals surface area contributed by atoms with Gasteiger partial charge < -0.3 is 14.0 Å². The Morgan fingerprint density at radius 1 is 1.29 bits per heavy atom. The maximum Gasteiger partial charge on any atom is 0.343 e. The summed E-state index contributed by atoms with van der Waals surface area (Å²) in [6, 6.07) is 5.96. The molecule has 3 aliphatic rings. The first-order valence-corrected chi connectivity index (χ1v) is 11.4. The molecule has 0 bridgehead atoms. The van der Waals surface area contributed by atoms with Crippen molar-refractivity contribution in [1.82, 2.24) is 4.57 Å². The Balaban J connectivity index is 1.63. The Morgan fingerprint density at radius 2 is 2.10 bits per heavy atom. The van der Waals surface area contributed by atoms with Crippen LogP contribution in [-0.2, 0) is 23.1 Å². The number of ether oxygens (including phenoxy) is 2. The predicted octanol–water partition coefficient (Wildman–Crippen LogP) is 4.64. The van der Waals surface area contributed by atoms with E-state index in [1.165, 1.54) is 18.4 Å². The molecular formula is C26H29NO4. The van der Waals surface area contributed by atoms with E-state index in [1.54, 1.807) is 19.2 Å². The molecule has 31 heavy (non-hydrogen) atoms. The van der Waals surface area contributed by atoms with E-state index in [-0.39, 0.29) is 23.1 Å². The van der Waals surface area contributed by atoms with E-state index in [4.69, 9.17) is 9.47 Å². The lowest BCUT2D eigenvalue weighted by Crippen LogP contribution is -2.46. The summed E-state index contributed by atoms with van der Waals surface area (Å²) >= 11 is 0. The molecule has 0 radical (unpaired) electrons. The van der Waals surface area contributed by atoms with Gasteiger partial charge in [-0.3, -0.25) is 4.79 Å². The summed E-state index contributed by atoms with van der Waals surface area (Å²) in [5, 5.41) is 0. The van der Waals surface area contributed by atoms with Gasteiger partial charge in [-0.05, 0) is 81.0 Å². The van der Waals surface area contributed by atoms with Gasteiger partial charge in [0.15, 0.2) is 5.43 Å². The van der Waals surface area contributed by atoms with Gasteiger partial charge in [0.2, 0.25) is 0 Å². The van der Waals surface area contributed by atoms with Gasteiger partial charge in [-0.15, -0.1) is 6.58 Å². The Hall–Kier alpha value is -2.82. The number of aromatic nitrogens is 1. The van der Waals surface area contributed by atoms with Crippen LogP contribution >= 0.6 is 0 Å². The van der Waals surface area contributed by atoms with Crippen LogP contribution in [0, 0.1) is 5.92 Å². The number of esters is 1. The van der Waals surface area contributed by atoms with Crippen molar-refractivity contribution >= 4 is 5.97 Å². The number of hydrogen-bond acceptors (Lipinski definition) is 4. The maximum absolute atomic E-state index is 12.8. The molecule has 2 aliphatic carbocycles. The Kier molecular flexibility index (Phi) is 4.99. The third kappa shape index (κ3) is 3.50. The molecular weight excluding hydrogens is 390 g/mol. The highest BCUT2D eigenvalue weighted by atomic mass is 16.5. The molecule has 1 aromatic carbocycles. The molecule has 0 atom stereocenters. The third-order valence-corrected chi connectivity index (χ3v) is 6.96. The second-order valence-corrected chi connectivity index (χ2v) is 9.15. The summed E-state index contributed by atoms with van der Waals surface area (Å²) in [5.74, 6) is 1.09. The zero-order valence-corrected chi connectivity index (χ0v) is 18.1. The van der Waals surface area contributed by atoms with Crippen molar-refractivity contribution in [2.45, 2.75) is 57.4 Å². The highest BCUT2D eigenvalue weighted by Gasteiger charge is 2.43. The van der Waals surface area contributed by atoms with Crippen molar-refractivity contribution in [3.8, 4) is 17.0 Å². The highest BCUT2D eigenvalue weighted by molar-refractivity contribution is 5.89. The van der Waals surface area contributed by atoms with E-state index in [9.17, 15) is 9.59 Å². The third-order valence-electron chi connectivity index (χ3n) is 6.96. The van der Waals surface area contributed by atoms with Crippen LogP contribution in [0.2, 0.25) is 0 Å². The number of pyridine rings is 1. The first-order chi connectivity index (χ1) is 15.0. The van der Waals surface area contributed by atoms with Crippen LogP contribution in [0.25, 0.3) is 11.3 Å². The molecule has 5 heteroatoms. The van der Waals surface area contributed by atoms with Crippen LogP contribution in [0.4, 0.5) is 0 Å². The summed E-state index contributed by atoms with van der Waals surface area (Å²) < 4.78 is 13.5. The molecule has 0 saturated heterocycles. The zero-order chi connectivity index (χ0) is 21.6. The fraction of sp³-hybridized carbons (Fsp3) is 0.462. The van der Waals surface area contributed by atoms with Gasteiger partial charge in [0.05, 0.1) is 18.9 Å². The summed E-state index contributed by atoms with van der Waals surface area (Å²) in [6.07, 6.45) is 11.0. The minimum Gasteiger partial charge on any atom is -0.493 e. The van der Waals surface area contributed by atoms with Gasteiger partial charge in [-0.25, -0.2) is 4.79 Å². The van der Waals surface area contributed by atoms with Crippen LogP contribution in [-0.4, -0.2) is 23.8 Å². The number of rotatable bonds is 7. The molecule has 162 valence electrons. The lowest BCUT2D eigenvalue weighted by atomic mass is 9.69. The van der Waals surface area contributed by atoms with Gasteiger partial charge in [0.25, 0.3) is 0 Å². The van der Waals surface area contributed by atoms with Gasteiger partial charge in [-0.2, -0.15) is 0 Å². The quantitative estimate of drug-likeness (QED) is 0.484. The molecule has 2 saturated carbocycles. The molecule has 5 nitrogen and oxygen atoms in total. The van der Waals surface area contributed by atoms with Crippen LogP contribution < -0.4 is 10.2 Å². The average Bonchev–Trinajstić information content (AvgIpc) is 3.55. The van der Waals surface area contributed by atoms with Gasteiger partial charge in [0, 0.05) is 23.4 Å². The van der Waals surface area contributed by atoms with Crippen LogP contribution in [0.5, 0.6) is 5.75 Å². The molecule has 0 unspecified atom stereocenters.